The fourth-order valence-corrected chi connectivity index (χ4v) is 2.32. The number of pyridine rings is 1. The Bertz CT molecular complexity index is 639. The number of amides is 1. The lowest BCUT2D eigenvalue weighted by Crippen LogP contribution is -2.17. The Hall–Kier alpha value is -2.41. The summed E-state index contributed by atoms with van der Waals surface area (Å²) in [5.74, 6) is -0.936. The van der Waals surface area contributed by atoms with E-state index in [0.717, 1.165) is 0 Å². The number of ether oxygens (including phenoxy) is 1. The molecule has 0 saturated carbocycles. The summed E-state index contributed by atoms with van der Waals surface area (Å²) in [7, 11) is 0. The summed E-state index contributed by atoms with van der Waals surface area (Å²) in [6, 6.07) is 4.82. The van der Waals surface area contributed by atoms with E-state index in [1.807, 2.05) is 0 Å². The number of nitrogens with two attached hydrogens (primary N) is 1. The Balaban J connectivity index is 2.19. The molecule has 0 unspecified atom stereocenters. The fraction of sp³-hybridized carbons (Fsp3) is 0.154. The third-order valence-electron chi connectivity index (χ3n) is 2.44. The van der Waals surface area contributed by atoms with E-state index in [1.54, 1.807) is 30.5 Å². The van der Waals surface area contributed by atoms with E-state index in [-0.39, 0.29) is 18.0 Å². The second-order valence-electron chi connectivity index (χ2n) is 3.78. The molecule has 104 valence electrons. The number of nitrogens with one attached hydrogen (secondary N) is 1. The van der Waals surface area contributed by atoms with Crippen LogP contribution in [0.25, 0.3) is 0 Å². The molecule has 0 radical (unpaired) electrons. The van der Waals surface area contributed by atoms with Gasteiger partial charge in [0.15, 0.2) is 5.69 Å². The maximum absolute atomic E-state index is 12.1. The van der Waals surface area contributed by atoms with Crippen molar-refractivity contribution in [1.29, 1.82) is 0 Å². The molecule has 0 aliphatic rings. The summed E-state index contributed by atoms with van der Waals surface area (Å²) in [5, 5.41) is 4.74. The molecule has 0 aliphatic carbocycles. The van der Waals surface area contributed by atoms with Crippen LogP contribution >= 0.6 is 11.3 Å². The summed E-state index contributed by atoms with van der Waals surface area (Å²) < 4.78 is 4.91. The van der Waals surface area contributed by atoms with Gasteiger partial charge in [0.1, 0.15) is 5.00 Å². The number of esters is 1. The van der Waals surface area contributed by atoms with Gasteiger partial charge < -0.3 is 15.8 Å². The van der Waals surface area contributed by atoms with Crippen molar-refractivity contribution < 1.29 is 14.3 Å². The van der Waals surface area contributed by atoms with Crippen LogP contribution in [0.2, 0.25) is 0 Å². The SMILES string of the molecule is CCOC(=O)c1ccsc1NC(=O)c1ncccc1N. The number of thiophene rings is 1. The summed E-state index contributed by atoms with van der Waals surface area (Å²) in [4.78, 5) is 27.7. The second-order valence-corrected chi connectivity index (χ2v) is 4.70. The van der Waals surface area contributed by atoms with Crippen molar-refractivity contribution in [3.8, 4) is 0 Å². The molecule has 2 rings (SSSR count). The average Bonchev–Trinajstić information content (AvgIpc) is 2.87. The maximum atomic E-state index is 12.1. The molecule has 7 heteroatoms. The molecule has 3 N–H and O–H groups in total. The first kappa shape index (κ1) is 14.0. The molecule has 0 atom stereocenters. The lowest BCUT2D eigenvalue weighted by molar-refractivity contribution is 0.0528. The van der Waals surface area contributed by atoms with Gasteiger partial charge in [0, 0.05) is 6.20 Å². The van der Waals surface area contributed by atoms with Gasteiger partial charge in [-0.15, -0.1) is 11.3 Å². The van der Waals surface area contributed by atoms with Crippen LogP contribution in [-0.2, 0) is 4.74 Å². The predicted octanol–water partition coefficient (Wildman–Crippen LogP) is 2.15. The zero-order valence-corrected chi connectivity index (χ0v) is 11.6. The first-order valence-corrected chi connectivity index (χ1v) is 6.78. The van der Waals surface area contributed by atoms with Crippen LogP contribution in [0.15, 0.2) is 29.8 Å². The van der Waals surface area contributed by atoms with Gasteiger partial charge in [0.05, 0.1) is 17.9 Å². The minimum Gasteiger partial charge on any atom is -0.462 e. The first-order valence-electron chi connectivity index (χ1n) is 5.90. The highest BCUT2D eigenvalue weighted by molar-refractivity contribution is 7.14. The van der Waals surface area contributed by atoms with Crippen LogP contribution in [0.4, 0.5) is 10.7 Å². The highest BCUT2D eigenvalue weighted by atomic mass is 32.1. The van der Waals surface area contributed by atoms with E-state index in [1.165, 1.54) is 17.5 Å². The van der Waals surface area contributed by atoms with Crippen molar-refractivity contribution in [2.75, 3.05) is 17.7 Å². The molecule has 0 bridgehead atoms. The fourth-order valence-electron chi connectivity index (χ4n) is 1.55. The molecule has 2 heterocycles. The highest BCUT2D eigenvalue weighted by Gasteiger charge is 2.18. The number of nitrogens with zero attached hydrogens (tertiary/aromatic N) is 1. The van der Waals surface area contributed by atoms with E-state index < -0.39 is 11.9 Å². The largest absolute Gasteiger partial charge is 0.462 e. The molecular formula is C13H13N3O3S. The quantitative estimate of drug-likeness (QED) is 0.842. The predicted molar refractivity (Wildman–Crippen MR) is 76.9 cm³/mol. The standard InChI is InChI=1S/C13H13N3O3S/c1-2-19-13(18)8-5-7-20-12(8)16-11(17)10-9(14)4-3-6-15-10/h3-7H,2,14H2,1H3,(H,16,17). The summed E-state index contributed by atoms with van der Waals surface area (Å²) in [5.41, 5.74) is 6.40. The van der Waals surface area contributed by atoms with Crippen molar-refractivity contribution >= 4 is 33.9 Å². The monoisotopic (exact) mass is 291 g/mol. The number of rotatable bonds is 4. The molecule has 2 aromatic rings. The smallest absolute Gasteiger partial charge is 0.341 e. The van der Waals surface area contributed by atoms with Crippen molar-refractivity contribution in [2.24, 2.45) is 0 Å². The van der Waals surface area contributed by atoms with E-state index in [9.17, 15) is 9.59 Å². The van der Waals surface area contributed by atoms with Gasteiger partial charge in [0.2, 0.25) is 0 Å². The Labute approximate surface area is 119 Å². The van der Waals surface area contributed by atoms with Crippen molar-refractivity contribution in [1.82, 2.24) is 4.98 Å². The van der Waals surface area contributed by atoms with Gasteiger partial charge >= 0.3 is 5.97 Å². The number of carbonyl (C=O) groups is 2. The van der Waals surface area contributed by atoms with E-state index in [2.05, 4.69) is 10.3 Å². The second kappa shape index (κ2) is 6.16. The first-order chi connectivity index (χ1) is 9.63. The topological polar surface area (TPSA) is 94.3 Å². The Morgan fingerprint density at radius 1 is 1.45 bits per heavy atom. The molecule has 0 saturated heterocycles. The van der Waals surface area contributed by atoms with Crippen molar-refractivity contribution in [2.45, 2.75) is 6.92 Å². The number of nitrogen functional groups attached to an aromatic ring is 1. The minimum absolute atomic E-state index is 0.121. The van der Waals surface area contributed by atoms with Crippen molar-refractivity contribution in [3.05, 3.63) is 41.0 Å². The van der Waals surface area contributed by atoms with Crippen LogP contribution in [-0.4, -0.2) is 23.5 Å². The molecule has 0 fully saturated rings. The third kappa shape index (κ3) is 2.94. The van der Waals surface area contributed by atoms with Gasteiger partial charge in [-0.2, -0.15) is 0 Å². The van der Waals surface area contributed by atoms with Gasteiger partial charge in [-0.05, 0) is 30.5 Å². The average molecular weight is 291 g/mol. The molecule has 0 spiro atoms. The highest BCUT2D eigenvalue weighted by Crippen LogP contribution is 2.25. The lowest BCUT2D eigenvalue weighted by atomic mass is 10.2. The van der Waals surface area contributed by atoms with Gasteiger partial charge in [-0.1, -0.05) is 0 Å². The normalized spacial score (nSPS) is 10.1. The van der Waals surface area contributed by atoms with Gasteiger partial charge in [-0.3, -0.25) is 4.79 Å². The maximum Gasteiger partial charge on any atom is 0.341 e. The summed E-state index contributed by atoms with van der Waals surface area (Å²) in [6.07, 6.45) is 1.48. The van der Waals surface area contributed by atoms with E-state index >= 15 is 0 Å². The van der Waals surface area contributed by atoms with E-state index in [4.69, 9.17) is 10.5 Å². The third-order valence-corrected chi connectivity index (χ3v) is 3.27. The summed E-state index contributed by atoms with van der Waals surface area (Å²) >= 11 is 1.23. The van der Waals surface area contributed by atoms with E-state index in [0.29, 0.717) is 10.6 Å². The molecule has 20 heavy (non-hydrogen) atoms. The number of carbonyl (C=O) groups excluding carboxylic acids is 2. The Morgan fingerprint density at radius 2 is 2.25 bits per heavy atom. The molecule has 0 aromatic carbocycles. The van der Waals surface area contributed by atoms with Crippen LogP contribution in [0.1, 0.15) is 27.8 Å². The Kier molecular flexibility index (Phi) is 4.31. The lowest BCUT2D eigenvalue weighted by Gasteiger charge is -2.07. The number of anilines is 2. The zero-order valence-electron chi connectivity index (χ0n) is 10.8. The molecule has 1 amide bonds. The zero-order chi connectivity index (χ0) is 14.5. The summed E-state index contributed by atoms with van der Waals surface area (Å²) in [6.45, 7) is 1.99. The van der Waals surface area contributed by atoms with Crippen LogP contribution in [0.5, 0.6) is 0 Å². The number of hydrogen-bond donors (Lipinski definition) is 2. The van der Waals surface area contributed by atoms with Crippen LogP contribution in [0.3, 0.4) is 0 Å². The van der Waals surface area contributed by atoms with Crippen LogP contribution < -0.4 is 11.1 Å². The molecule has 2 aromatic heterocycles. The Morgan fingerprint density at radius 3 is 2.95 bits per heavy atom. The number of aromatic nitrogens is 1. The van der Waals surface area contributed by atoms with Gasteiger partial charge in [0.25, 0.3) is 5.91 Å². The minimum atomic E-state index is -0.474. The molecule has 6 nitrogen and oxygen atoms in total. The van der Waals surface area contributed by atoms with Crippen molar-refractivity contribution in [3.63, 3.8) is 0 Å². The number of hydrogen-bond acceptors (Lipinski definition) is 6. The van der Waals surface area contributed by atoms with Crippen LogP contribution in [0, 0.1) is 0 Å². The molecule has 0 aliphatic heterocycles. The van der Waals surface area contributed by atoms with Gasteiger partial charge in [-0.25, -0.2) is 9.78 Å². The molecular weight excluding hydrogens is 278 g/mol.